The predicted molar refractivity (Wildman–Crippen MR) is 66.9 cm³/mol. The van der Waals surface area contributed by atoms with Gasteiger partial charge in [0.2, 0.25) is 0 Å². The average molecular weight is 215 g/mol. The van der Waals surface area contributed by atoms with Gasteiger partial charge in [-0.2, -0.15) is 0 Å². The molecule has 2 heteroatoms. The van der Waals surface area contributed by atoms with E-state index in [-0.39, 0.29) is 0 Å². The summed E-state index contributed by atoms with van der Waals surface area (Å²) in [7, 11) is 1.69. The van der Waals surface area contributed by atoms with Crippen molar-refractivity contribution in [3.8, 4) is 5.75 Å². The number of nitrogens with zero attached hydrogens (tertiary/aromatic N) is 1. The molecular weight excluding hydrogens is 198 g/mol. The Kier molecular flexibility index (Phi) is 3.40. The largest absolute Gasteiger partial charge is 0.494 e. The highest BCUT2D eigenvalue weighted by Gasteiger charge is 2.03. The number of aryl methyl sites for hydroxylation is 1. The third-order valence-corrected chi connectivity index (χ3v) is 2.75. The Labute approximate surface area is 96.3 Å². The summed E-state index contributed by atoms with van der Waals surface area (Å²) in [4.78, 5) is 4.66. The molecule has 0 spiro atoms. The first kappa shape index (κ1) is 10.9. The smallest absolute Gasteiger partial charge is 0.145 e. The van der Waals surface area contributed by atoms with Crippen LogP contribution in [0.3, 0.4) is 0 Å². The van der Waals surface area contributed by atoms with Gasteiger partial charge < -0.3 is 4.74 Å². The van der Waals surface area contributed by atoms with Gasteiger partial charge in [0.15, 0.2) is 0 Å². The van der Waals surface area contributed by atoms with Gasteiger partial charge in [-0.1, -0.05) is 31.5 Å². The summed E-state index contributed by atoms with van der Waals surface area (Å²) >= 11 is 0. The number of rotatable bonds is 4. The Balaban J connectivity index is 2.42. The summed E-state index contributed by atoms with van der Waals surface area (Å²) in [6, 6.07) is 10.2. The van der Waals surface area contributed by atoms with E-state index < -0.39 is 0 Å². The first-order valence-electron chi connectivity index (χ1n) is 5.77. The van der Waals surface area contributed by atoms with Crippen molar-refractivity contribution in [1.29, 1.82) is 0 Å². The standard InChI is InChI=1S/C14H17NO/c1-3-4-7-12-10-9-11-6-5-8-13(16-2)14(11)15-12/h5-6,8-10H,3-4,7H2,1-2H3. The minimum absolute atomic E-state index is 0.857. The lowest BCUT2D eigenvalue weighted by molar-refractivity contribution is 0.419. The molecule has 2 nitrogen and oxygen atoms in total. The molecule has 0 fully saturated rings. The number of aromatic nitrogens is 1. The van der Waals surface area contributed by atoms with E-state index in [1.54, 1.807) is 7.11 Å². The highest BCUT2D eigenvalue weighted by atomic mass is 16.5. The molecule has 0 bridgehead atoms. The number of para-hydroxylation sites is 1. The van der Waals surface area contributed by atoms with Gasteiger partial charge in [0.25, 0.3) is 0 Å². The molecule has 0 unspecified atom stereocenters. The van der Waals surface area contributed by atoms with Crippen molar-refractivity contribution in [3.05, 3.63) is 36.0 Å². The summed E-state index contributed by atoms with van der Waals surface area (Å²) < 4.78 is 5.32. The maximum Gasteiger partial charge on any atom is 0.145 e. The van der Waals surface area contributed by atoms with E-state index in [1.807, 2.05) is 12.1 Å². The number of methoxy groups -OCH3 is 1. The summed E-state index contributed by atoms with van der Waals surface area (Å²) in [5.41, 5.74) is 2.12. The van der Waals surface area contributed by atoms with E-state index in [0.717, 1.165) is 28.8 Å². The fourth-order valence-electron chi connectivity index (χ4n) is 1.82. The van der Waals surface area contributed by atoms with Crippen LogP contribution in [0, 0.1) is 0 Å². The summed E-state index contributed by atoms with van der Waals surface area (Å²) in [6.45, 7) is 2.20. The molecule has 2 aromatic rings. The van der Waals surface area contributed by atoms with Crippen LogP contribution in [0.4, 0.5) is 0 Å². The third kappa shape index (κ3) is 2.16. The number of pyridine rings is 1. The molecule has 2 rings (SSSR count). The first-order valence-corrected chi connectivity index (χ1v) is 5.77. The molecular formula is C14H17NO. The van der Waals surface area contributed by atoms with Crippen LogP contribution in [0.25, 0.3) is 10.9 Å². The van der Waals surface area contributed by atoms with Gasteiger partial charge in [-0.3, -0.25) is 0 Å². The van der Waals surface area contributed by atoms with E-state index in [4.69, 9.17) is 4.74 Å². The second-order valence-electron chi connectivity index (χ2n) is 3.94. The van der Waals surface area contributed by atoms with Crippen LogP contribution in [0.2, 0.25) is 0 Å². The van der Waals surface area contributed by atoms with Crippen LogP contribution >= 0.6 is 0 Å². The van der Waals surface area contributed by atoms with Crippen LogP contribution in [-0.2, 0) is 6.42 Å². The molecule has 0 aliphatic carbocycles. The molecule has 0 amide bonds. The van der Waals surface area contributed by atoms with Crippen molar-refractivity contribution in [3.63, 3.8) is 0 Å². The van der Waals surface area contributed by atoms with Crippen molar-refractivity contribution in [2.75, 3.05) is 7.11 Å². The fraction of sp³-hybridized carbons (Fsp3) is 0.357. The number of benzene rings is 1. The molecule has 0 atom stereocenters. The molecule has 1 aromatic carbocycles. The van der Waals surface area contributed by atoms with E-state index in [9.17, 15) is 0 Å². The molecule has 0 N–H and O–H groups in total. The number of hydrogen-bond acceptors (Lipinski definition) is 2. The predicted octanol–water partition coefficient (Wildman–Crippen LogP) is 3.59. The Morgan fingerprint density at radius 3 is 2.81 bits per heavy atom. The van der Waals surface area contributed by atoms with E-state index in [0.29, 0.717) is 0 Å². The second kappa shape index (κ2) is 4.97. The quantitative estimate of drug-likeness (QED) is 0.777. The molecule has 0 radical (unpaired) electrons. The number of unbranched alkanes of at least 4 members (excludes halogenated alkanes) is 1. The molecule has 0 saturated carbocycles. The van der Waals surface area contributed by atoms with E-state index >= 15 is 0 Å². The van der Waals surface area contributed by atoms with Gasteiger partial charge in [0.05, 0.1) is 7.11 Å². The van der Waals surface area contributed by atoms with Crippen LogP contribution < -0.4 is 4.74 Å². The van der Waals surface area contributed by atoms with Crippen LogP contribution in [0.5, 0.6) is 5.75 Å². The molecule has 1 heterocycles. The first-order chi connectivity index (χ1) is 7.85. The zero-order chi connectivity index (χ0) is 11.4. The maximum absolute atomic E-state index is 5.32. The molecule has 0 aliphatic rings. The molecule has 84 valence electrons. The lowest BCUT2D eigenvalue weighted by Crippen LogP contribution is -1.93. The van der Waals surface area contributed by atoms with E-state index in [1.165, 1.54) is 12.8 Å². The van der Waals surface area contributed by atoms with Gasteiger partial charge in [0, 0.05) is 11.1 Å². The average Bonchev–Trinajstić information content (AvgIpc) is 2.35. The zero-order valence-electron chi connectivity index (χ0n) is 9.86. The SMILES string of the molecule is CCCCc1ccc2cccc(OC)c2n1. The Morgan fingerprint density at radius 1 is 1.19 bits per heavy atom. The van der Waals surface area contributed by atoms with Crippen molar-refractivity contribution in [2.24, 2.45) is 0 Å². The Hall–Kier alpha value is -1.57. The van der Waals surface area contributed by atoms with Gasteiger partial charge in [-0.25, -0.2) is 4.98 Å². The monoisotopic (exact) mass is 215 g/mol. The third-order valence-electron chi connectivity index (χ3n) is 2.75. The van der Waals surface area contributed by atoms with Crippen LogP contribution in [0.1, 0.15) is 25.5 Å². The molecule has 0 aliphatic heterocycles. The minimum atomic E-state index is 0.857. The summed E-state index contributed by atoms with van der Waals surface area (Å²) in [6.07, 6.45) is 3.43. The normalized spacial score (nSPS) is 10.6. The topological polar surface area (TPSA) is 22.1 Å². The van der Waals surface area contributed by atoms with Crippen molar-refractivity contribution >= 4 is 10.9 Å². The molecule has 16 heavy (non-hydrogen) atoms. The zero-order valence-corrected chi connectivity index (χ0v) is 9.86. The minimum Gasteiger partial charge on any atom is -0.494 e. The van der Waals surface area contributed by atoms with Crippen molar-refractivity contribution < 1.29 is 4.74 Å². The van der Waals surface area contributed by atoms with Gasteiger partial charge in [0.1, 0.15) is 11.3 Å². The van der Waals surface area contributed by atoms with Crippen molar-refractivity contribution in [1.82, 2.24) is 4.98 Å². The number of fused-ring (bicyclic) bond motifs is 1. The van der Waals surface area contributed by atoms with E-state index in [2.05, 4.69) is 30.1 Å². The summed E-state index contributed by atoms with van der Waals surface area (Å²) in [5, 5.41) is 1.14. The highest BCUT2D eigenvalue weighted by Crippen LogP contribution is 2.23. The highest BCUT2D eigenvalue weighted by molar-refractivity contribution is 5.84. The maximum atomic E-state index is 5.32. The molecule has 0 saturated heterocycles. The van der Waals surface area contributed by atoms with Crippen LogP contribution in [0.15, 0.2) is 30.3 Å². The number of ether oxygens (including phenoxy) is 1. The molecule has 1 aromatic heterocycles. The lowest BCUT2D eigenvalue weighted by atomic mass is 10.1. The van der Waals surface area contributed by atoms with Crippen molar-refractivity contribution in [2.45, 2.75) is 26.2 Å². The summed E-state index contributed by atoms with van der Waals surface area (Å²) in [5.74, 6) is 0.857. The van der Waals surface area contributed by atoms with Gasteiger partial charge in [-0.15, -0.1) is 0 Å². The number of hydrogen-bond donors (Lipinski definition) is 0. The van der Waals surface area contributed by atoms with Gasteiger partial charge in [-0.05, 0) is 25.0 Å². The van der Waals surface area contributed by atoms with Gasteiger partial charge >= 0.3 is 0 Å². The Morgan fingerprint density at radius 2 is 2.06 bits per heavy atom. The van der Waals surface area contributed by atoms with Crippen LogP contribution in [-0.4, -0.2) is 12.1 Å². The second-order valence-corrected chi connectivity index (χ2v) is 3.94. The lowest BCUT2D eigenvalue weighted by Gasteiger charge is -2.06. The fourth-order valence-corrected chi connectivity index (χ4v) is 1.82. The Bertz CT molecular complexity index is 479.